The topological polar surface area (TPSA) is 71.4 Å². The maximum Gasteiger partial charge on any atom is 0.310 e. The summed E-state index contributed by atoms with van der Waals surface area (Å²) in [6, 6.07) is 13.4. The number of amides is 1. The molecule has 1 amide bonds. The van der Waals surface area contributed by atoms with Crippen molar-refractivity contribution in [1.29, 1.82) is 0 Å². The van der Waals surface area contributed by atoms with Crippen LogP contribution in [-0.2, 0) is 14.3 Å². The number of carbonyl (C=O) groups is 2. The number of methoxy groups -OCH3 is 1. The highest BCUT2D eigenvalue weighted by Gasteiger charge is 2.36. The van der Waals surface area contributed by atoms with Crippen molar-refractivity contribution in [2.24, 2.45) is 11.0 Å². The van der Waals surface area contributed by atoms with E-state index >= 15 is 0 Å². The van der Waals surface area contributed by atoms with Crippen LogP contribution in [-0.4, -0.2) is 60.8 Å². The predicted octanol–water partition coefficient (Wildman–Crippen LogP) is 3.79. The van der Waals surface area contributed by atoms with Crippen LogP contribution < -0.4 is 4.74 Å². The van der Waals surface area contributed by atoms with Gasteiger partial charge in [-0.25, -0.2) is 9.40 Å². The van der Waals surface area contributed by atoms with Crippen molar-refractivity contribution in [3.8, 4) is 5.75 Å². The molecule has 0 unspecified atom stereocenters. The maximum atomic E-state index is 14.7. The lowest BCUT2D eigenvalue weighted by Crippen LogP contribution is -2.45. The Morgan fingerprint density at radius 2 is 2.00 bits per heavy atom. The van der Waals surface area contributed by atoms with E-state index in [0.717, 1.165) is 18.4 Å². The highest BCUT2D eigenvalue weighted by Crippen LogP contribution is 2.35. The van der Waals surface area contributed by atoms with Gasteiger partial charge < -0.3 is 9.47 Å². The smallest absolute Gasteiger partial charge is 0.310 e. The van der Waals surface area contributed by atoms with Gasteiger partial charge in [-0.15, -0.1) is 0 Å². The number of esters is 1. The van der Waals surface area contributed by atoms with Gasteiger partial charge >= 0.3 is 5.97 Å². The van der Waals surface area contributed by atoms with Crippen molar-refractivity contribution >= 4 is 17.6 Å². The highest BCUT2D eigenvalue weighted by atomic mass is 19.1. The van der Waals surface area contributed by atoms with Gasteiger partial charge in [-0.05, 0) is 44.5 Å². The van der Waals surface area contributed by atoms with Crippen molar-refractivity contribution < 1.29 is 23.5 Å². The lowest BCUT2D eigenvalue weighted by molar-refractivity contribution is -0.150. The molecule has 1 saturated heterocycles. The molecule has 2 aliphatic heterocycles. The Morgan fingerprint density at radius 3 is 2.76 bits per heavy atom. The SMILES string of the molecule is CCOC(=O)[C@H]1CCCN(CC(=O)N2N=C(c3cccc(OC)c3)C[C@H]2c2ccccc2F)C1. The van der Waals surface area contributed by atoms with Gasteiger partial charge in [0.25, 0.3) is 5.91 Å². The second-order valence-electron chi connectivity index (χ2n) is 8.58. The third kappa shape index (κ3) is 5.28. The summed E-state index contributed by atoms with van der Waals surface area (Å²) in [6.45, 7) is 3.42. The van der Waals surface area contributed by atoms with Gasteiger partial charge in [0.15, 0.2) is 0 Å². The normalized spacial score (nSPS) is 20.7. The first-order valence-electron chi connectivity index (χ1n) is 11.7. The number of piperidine rings is 1. The number of hydrogen-bond donors (Lipinski definition) is 0. The summed E-state index contributed by atoms with van der Waals surface area (Å²) < 4.78 is 25.2. The summed E-state index contributed by atoms with van der Waals surface area (Å²) in [4.78, 5) is 27.6. The molecule has 2 aliphatic rings. The van der Waals surface area contributed by atoms with E-state index in [2.05, 4.69) is 5.10 Å². The Kier molecular flexibility index (Phi) is 7.57. The minimum atomic E-state index is -0.541. The largest absolute Gasteiger partial charge is 0.497 e. The monoisotopic (exact) mass is 467 g/mol. The average Bonchev–Trinajstić information content (AvgIpc) is 3.30. The number of rotatable bonds is 7. The minimum Gasteiger partial charge on any atom is -0.497 e. The van der Waals surface area contributed by atoms with Crippen molar-refractivity contribution in [2.45, 2.75) is 32.2 Å². The third-order valence-electron chi connectivity index (χ3n) is 6.32. The lowest BCUT2D eigenvalue weighted by atomic mass is 9.97. The third-order valence-corrected chi connectivity index (χ3v) is 6.32. The molecule has 2 atom stereocenters. The molecule has 2 aromatic rings. The molecule has 0 aromatic heterocycles. The van der Waals surface area contributed by atoms with Gasteiger partial charge in [-0.1, -0.05) is 30.3 Å². The molecule has 0 N–H and O–H groups in total. The zero-order valence-electron chi connectivity index (χ0n) is 19.6. The van der Waals surface area contributed by atoms with Crippen LogP contribution in [0.5, 0.6) is 5.75 Å². The lowest BCUT2D eigenvalue weighted by Gasteiger charge is -2.32. The molecule has 8 heteroatoms. The van der Waals surface area contributed by atoms with Crippen LogP contribution >= 0.6 is 0 Å². The van der Waals surface area contributed by atoms with E-state index < -0.39 is 6.04 Å². The number of benzene rings is 2. The molecule has 34 heavy (non-hydrogen) atoms. The first kappa shape index (κ1) is 23.9. The second kappa shape index (κ2) is 10.8. The van der Waals surface area contributed by atoms with Gasteiger partial charge in [0, 0.05) is 24.1 Å². The van der Waals surface area contributed by atoms with Gasteiger partial charge in [-0.2, -0.15) is 5.10 Å². The summed E-state index contributed by atoms with van der Waals surface area (Å²) >= 11 is 0. The Bertz CT molecular complexity index is 1070. The van der Waals surface area contributed by atoms with Crippen molar-refractivity contribution in [1.82, 2.24) is 9.91 Å². The minimum absolute atomic E-state index is 0.107. The van der Waals surface area contributed by atoms with Gasteiger partial charge in [-0.3, -0.25) is 14.5 Å². The fourth-order valence-electron chi connectivity index (χ4n) is 4.62. The summed E-state index contributed by atoms with van der Waals surface area (Å²) in [5.74, 6) is -0.365. The van der Waals surface area contributed by atoms with Crippen LogP contribution in [0.25, 0.3) is 0 Å². The molecule has 0 radical (unpaired) electrons. The van der Waals surface area contributed by atoms with E-state index in [1.165, 1.54) is 11.1 Å². The van der Waals surface area contributed by atoms with E-state index in [1.54, 1.807) is 32.2 Å². The zero-order chi connectivity index (χ0) is 24.1. The number of hydrogen-bond acceptors (Lipinski definition) is 6. The molecule has 4 rings (SSSR count). The fourth-order valence-corrected chi connectivity index (χ4v) is 4.62. The van der Waals surface area contributed by atoms with Crippen LogP contribution in [0.1, 0.15) is 43.4 Å². The number of likely N-dealkylation sites (tertiary alicyclic amines) is 1. The number of halogens is 1. The molecule has 180 valence electrons. The van der Waals surface area contributed by atoms with Crippen LogP contribution in [0.2, 0.25) is 0 Å². The maximum absolute atomic E-state index is 14.7. The second-order valence-corrected chi connectivity index (χ2v) is 8.58. The van der Waals surface area contributed by atoms with Crippen LogP contribution in [0, 0.1) is 11.7 Å². The molecule has 7 nitrogen and oxygen atoms in total. The summed E-state index contributed by atoms with van der Waals surface area (Å²) in [7, 11) is 1.59. The van der Waals surface area contributed by atoms with Crippen LogP contribution in [0.15, 0.2) is 53.6 Å². The van der Waals surface area contributed by atoms with E-state index in [1.807, 2.05) is 29.2 Å². The van der Waals surface area contributed by atoms with Crippen LogP contribution in [0.4, 0.5) is 4.39 Å². The Morgan fingerprint density at radius 1 is 1.18 bits per heavy atom. The predicted molar refractivity (Wildman–Crippen MR) is 126 cm³/mol. The Hall–Kier alpha value is -3.26. The molecular formula is C26H30FN3O4. The van der Waals surface area contributed by atoms with E-state index in [4.69, 9.17) is 9.47 Å². The summed E-state index contributed by atoms with van der Waals surface area (Å²) in [6.07, 6.45) is 1.96. The molecule has 0 saturated carbocycles. The Balaban J connectivity index is 1.56. The highest BCUT2D eigenvalue weighted by molar-refractivity contribution is 6.03. The molecule has 2 heterocycles. The van der Waals surface area contributed by atoms with Crippen molar-refractivity contribution in [3.63, 3.8) is 0 Å². The first-order chi connectivity index (χ1) is 16.5. The average molecular weight is 468 g/mol. The quantitative estimate of drug-likeness (QED) is 0.580. The van der Waals surface area contributed by atoms with Gasteiger partial charge in [0.1, 0.15) is 11.6 Å². The number of ether oxygens (including phenoxy) is 2. The zero-order valence-corrected chi connectivity index (χ0v) is 19.6. The molecular weight excluding hydrogens is 437 g/mol. The van der Waals surface area contributed by atoms with Gasteiger partial charge in [0.2, 0.25) is 0 Å². The number of nitrogens with zero attached hydrogens (tertiary/aromatic N) is 3. The van der Waals surface area contributed by atoms with E-state index in [0.29, 0.717) is 43.1 Å². The standard InChI is InChI=1S/C26H30FN3O4/c1-3-34-26(32)19-9-7-13-29(16-19)17-25(31)30-24(21-11-4-5-12-22(21)27)15-23(28-30)18-8-6-10-20(14-18)33-2/h4-6,8,10-12,14,19,24H,3,7,9,13,15-17H2,1-2H3/t19-,24-/m0/s1. The van der Waals surface area contributed by atoms with Crippen molar-refractivity contribution in [3.05, 3.63) is 65.5 Å². The van der Waals surface area contributed by atoms with Gasteiger partial charge in [0.05, 0.1) is 37.9 Å². The molecule has 0 spiro atoms. The summed E-state index contributed by atoms with van der Waals surface area (Å²) in [5.41, 5.74) is 1.96. The molecule has 0 aliphatic carbocycles. The summed E-state index contributed by atoms with van der Waals surface area (Å²) in [5, 5.41) is 6.05. The Labute approximate surface area is 199 Å². The number of carbonyl (C=O) groups excluding carboxylic acids is 2. The first-order valence-corrected chi connectivity index (χ1v) is 11.7. The molecule has 2 aromatic carbocycles. The fraction of sp³-hybridized carbons (Fsp3) is 0.423. The van der Waals surface area contributed by atoms with E-state index in [9.17, 15) is 14.0 Å². The van der Waals surface area contributed by atoms with Crippen LogP contribution in [0.3, 0.4) is 0 Å². The molecule has 0 bridgehead atoms. The number of hydrazone groups is 1. The molecule has 1 fully saturated rings. The van der Waals surface area contributed by atoms with E-state index in [-0.39, 0.29) is 30.2 Å². The van der Waals surface area contributed by atoms with Crippen molar-refractivity contribution in [2.75, 3.05) is 33.4 Å².